The molecular formula is C26H18O2. The third kappa shape index (κ3) is 1.60. The Bertz CT molecular complexity index is 1220. The first kappa shape index (κ1) is 15.5. The summed E-state index contributed by atoms with van der Waals surface area (Å²) in [6, 6.07) is 29.7. The van der Waals surface area contributed by atoms with Gasteiger partial charge in [0.2, 0.25) is 0 Å². The van der Waals surface area contributed by atoms with Crippen LogP contribution in [0.3, 0.4) is 0 Å². The van der Waals surface area contributed by atoms with Crippen molar-refractivity contribution in [2.75, 3.05) is 7.11 Å². The van der Waals surface area contributed by atoms with Gasteiger partial charge in [-0.05, 0) is 45.0 Å². The van der Waals surface area contributed by atoms with Crippen LogP contribution in [0.5, 0.6) is 11.5 Å². The van der Waals surface area contributed by atoms with Crippen molar-refractivity contribution in [3.05, 3.63) is 107 Å². The molecule has 28 heavy (non-hydrogen) atoms. The van der Waals surface area contributed by atoms with Crippen LogP contribution in [0.15, 0.2) is 84.9 Å². The van der Waals surface area contributed by atoms with Crippen LogP contribution in [0, 0.1) is 0 Å². The second kappa shape index (κ2) is 5.26. The van der Waals surface area contributed by atoms with Crippen LogP contribution in [-0.4, -0.2) is 12.2 Å². The van der Waals surface area contributed by atoms with Crippen molar-refractivity contribution < 1.29 is 9.84 Å². The topological polar surface area (TPSA) is 29.5 Å². The Labute approximate surface area is 163 Å². The molecule has 0 bridgehead atoms. The molecule has 1 N–H and O–H groups in total. The van der Waals surface area contributed by atoms with Gasteiger partial charge in [-0.2, -0.15) is 0 Å². The van der Waals surface area contributed by atoms with E-state index in [-0.39, 0.29) is 11.2 Å². The fourth-order valence-corrected chi connectivity index (χ4v) is 5.35. The highest BCUT2D eigenvalue weighted by molar-refractivity contribution is 5.97. The third-order valence-corrected chi connectivity index (χ3v) is 6.30. The van der Waals surface area contributed by atoms with Gasteiger partial charge in [0, 0.05) is 5.56 Å². The van der Waals surface area contributed by atoms with Gasteiger partial charge in [0.15, 0.2) is 11.5 Å². The van der Waals surface area contributed by atoms with Gasteiger partial charge in [-0.3, -0.25) is 0 Å². The van der Waals surface area contributed by atoms with E-state index in [4.69, 9.17) is 4.74 Å². The van der Waals surface area contributed by atoms with Crippen LogP contribution in [0.25, 0.3) is 22.3 Å². The number of fused-ring (bicyclic) bond motifs is 10. The molecule has 1 spiro atoms. The Morgan fingerprint density at radius 3 is 1.68 bits per heavy atom. The minimum absolute atomic E-state index is 0.174. The minimum Gasteiger partial charge on any atom is -0.504 e. The number of hydrogen-bond acceptors (Lipinski definition) is 2. The van der Waals surface area contributed by atoms with E-state index in [0.717, 1.165) is 11.1 Å². The highest BCUT2D eigenvalue weighted by atomic mass is 16.5. The van der Waals surface area contributed by atoms with E-state index >= 15 is 0 Å². The van der Waals surface area contributed by atoms with E-state index in [0.29, 0.717) is 5.75 Å². The Kier molecular flexibility index (Phi) is 2.92. The highest BCUT2D eigenvalue weighted by Gasteiger charge is 2.52. The van der Waals surface area contributed by atoms with Gasteiger partial charge in [-0.25, -0.2) is 0 Å². The molecule has 2 nitrogen and oxygen atoms in total. The smallest absolute Gasteiger partial charge is 0.168 e. The molecular weight excluding hydrogens is 344 g/mol. The van der Waals surface area contributed by atoms with Crippen LogP contribution in [0.2, 0.25) is 0 Å². The maximum atomic E-state index is 10.5. The Balaban J connectivity index is 1.87. The Morgan fingerprint density at radius 1 is 0.607 bits per heavy atom. The van der Waals surface area contributed by atoms with Gasteiger partial charge < -0.3 is 9.84 Å². The summed E-state index contributed by atoms with van der Waals surface area (Å²) in [5, 5.41) is 10.5. The van der Waals surface area contributed by atoms with E-state index in [1.165, 1.54) is 33.4 Å². The quantitative estimate of drug-likeness (QED) is 0.404. The number of phenols is 1. The first-order valence-corrected chi connectivity index (χ1v) is 9.48. The molecule has 134 valence electrons. The van der Waals surface area contributed by atoms with E-state index in [1.54, 1.807) is 13.2 Å². The number of benzene rings is 4. The average molecular weight is 362 g/mol. The maximum absolute atomic E-state index is 10.5. The van der Waals surface area contributed by atoms with Crippen molar-refractivity contribution in [1.29, 1.82) is 0 Å². The first-order chi connectivity index (χ1) is 13.8. The maximum Gasteiger partial charge on any atom is 0.168 e. The van der Waals surface area contributed by atoms with E-state index < -0.39 is 0 Å². The largest absolute Gasteiger partial charge is 0.504 e. The second-order valence-corrected chi connectivity index (χ2v) is 7.43. The normalized spacial score (nSPS) is 14.3. The lowest BCUT2D eigenvalue weighted by Crippen LogP contribution is -2.25. The van der Waals surface area contributed by atoms with Gasteiger partial charge in [0.1, 0.15) is 0 Å². The third-order valence-electron chi connectivity index (χ3n) is 6.30. The predicted molar refractivity (Wildman–Crippen MR) is 111 cm³/mol. The highest BCUT2D eigenvalue weighted by Crippen LogP contribution is 2.64. The van der Waals surface area contributed by atoms with Crippen molar-refractivity contribution in [2.45, 2.75) is 5.41 Å². The molecule has 0 aromatic heterocycles. The van der Waals surface area contributed by atoms with Crippen molar-refractivity contribution in [3.63, 3.8) is 0 Å². The monoisotopic (exact) mass is 362 g/mol. The average Bonchev–Trinajstić information content (AvgIpc) is 3.21. The van der Waals surface area contributed by atoms with Crippen molar-refractivity contribution in [1.82, 2.24) is 0 Å². The van der Waals surface area contributed by atoms with Crippen LogP contribution in [0.4, 0.5) is 0 Å². The van der Waals surface area contributed by atoms with Crippen LogP contribution < -0.4 is 4.74 Å². The van der Waals surface area contributed by atoms with Crippen LogP contribution in [0.1, 0.15) is 22.3 Å². The molecule has 2 heteroatoms. The molecule has 0 unspecified atom stereocenters. The number of aromatic hydroxyl groups is 1. The summed E-state index contributed by atoms with van der Waals surface area (Å²) in [5.41, 5.74) is 9.25. The molecule has 0 heterocycles. The standard InChI is InChI=1S/C26H18O2/c1-28-25-23(27)15-14-22-24(25)18-10-4-7-13-21(18)26(22)19-11-5-2-8-16(19)17-9-3-6-12-20(17)26/h2-15,27H,1H3. The lowest BCUT2D eigenvalue weighted by Gasteiger charge is -2.30. The summed E-state index contributed by atoms with van der Waals surface area (Å²) in [4.78, 5) is 0. The molecule has 0 saturated heterocycles. The molecule has 2 aliphatic rings. The van der Waals surface area contributed by atoms with Gasteiger partial charge in [-0.1, -0.05) is 78.9 Å². The molecule has 0 saturated carbocycles. The molecule has 0 radical (unpaired) electrons. The molecule has 0 amide bonds. The van der Waals surface area contributed by atoms with Crippen LogP contribution >= 0.6 is 0 Å². The SMILES string of the molecule is COc1c(O)ccc2c1-c1ccccc1C21c2ccccc2-c2ccccc21. The number of methoxy groups -OCH3 is 1. The summed E-state index contributed by atoms with van der Waals surface area (Å²) in [7, 11) is 1.62. The van der Waals surface area contributed by atoms with Crippen molar-refractivity contribution >= 4 is 0 Å². The molecule has 0 atom stereocenters. The zero-order valence-electron chi connectivity index (χ0n) is 15.4. The number of ether oxygens (including phenoxy) is 1. The van der Waals surface area contributed by atoms with Gasteiger partial charge in [0.05, 0.1) is 12.5 Å². The number of phenolic OH excluding ortho intramolecular Hbond substituents is 1. The van der Waals surface area contributed by atoms with Gasteiger partial charge >= 0.3 is 0 Å². The van der Waals surface area contributed by atoms with E-state index in [1.807, 2.05) is 0 Å². The first-order valence-electron chi connectivity index (χ1n) is 9.48. The molecule has 6 rings (SSSR count). The molecule has 2 aliphatic carbocycles. The number of rotatable bonds is 1. The summed E-state index contributed by atoms with van der Waals surface area (Å²) >= 11 is 0. The summed E-state index contributed by atoms with van der Waals surface area (Å²) in [5.74, 6) is 0.719. The van der Waals surface area contributed by atoms with Gasteiger partial charge in [-0.15, -0.1) is 0 Å². The van der Waals surface area contributed by atoms with Crippen molar-refractivity contribution in [2.24, 2.45) is 0 Å². The molecule has 4 aromatic rings. The molecule has 0 aliphatic heterocycles. The van der Waals surface area contributed by atoms with Crippen LogP contribution in [-0.2, 0) is 5.41 Å². The Morgan fingerprint density at radius 2 is 1.11 bits per heavy atom. The number of hydrogen-bond donors (Lipinski definition) is 1. The summed E-state index contributed by atoms with van der Waals surface area (Å²) < 4.78 is 5.67. The molecule has 4 aromatic carbocycles. The molecule has 0 fully saturated rings. The lowest BCUT2D eigenvalue weighted by atomic mass is 9.70. The Hall–Kier alpha value is -3.52. The van der Waals surface area contributed by atoms with E-state index in [2.05, 4.69) is 78.9 Å². The zero-order chi connectivity index (χ0) is 18.9. The fraction of sp³-hybridized carbons (Fsp3) is 0.0769. The minimum atomic E-state index is -0.389. The summed E-state index contributed by atoms with van der Waals surface area (Å²) in [6.07, 6.45) is 0. The second-order valence-electron chi connectivity index (χ2n) is 7.43. The van der Waals surface area contributed by atoms with E-state index in [9.17, 15) is 5.11 Å². The lowest BCUT2D eigenvalue weighted by molar-refractivity contribution is 0.374. The fourth-order valence-electron chi connectivity index (χ4n) is 5.35. The van der Waals surface area contributed by atoms with Gasteiger partial charge in [0.25, 0.3) is 0 Å². The zero-order valence-corrected chi connectivity index (χ0v) is 15.4. The summed E-state index contributed by atoms with van der Waals surface area (Å²) in [6.45, 7) is 0. The predicted octanol–water partition coefficient (Wildman–Crippen LogP) is 5.74. The van der Waals surface area contributed by atoms with Crippen molar-refractivity contribution in [3.8, 4) is 33.8 Å².